The van der Waals surface area contributed by atoms with Crippen molar-refractivity contribution in [2.45, 2.75) is 6.92 Å². The minimum atomic E-state index is 0.173. The number of hydrogen-bond acceptors (Lipinski definition) is 4. The molecule has 0 radical (unpaired) electrons. The van der Waals surface area contributed by atoms with E-state index in [0.717, 1.165) is 0 Å². The first kappa shape index (κ1) is 10.7. The average Bonchev–Trinajstić information content (AvgIpc) is 2.28. The number of phenolic OH excluding ortho intramolecular Hbond substituents is 1. The normalized spacial score (nSPS) is 10.1. The van der Waals surface area contributed by atoms with E-state index >= 15 is 0 Å². The van der Waals surface area contributed by atoms with Gasteiger partial charge < -0.3 is 9.84 Å². The summed E-state index contributed by atoms with van der Waals surface area (Å²) in [6.07, 6.45) is 2.89. The van der Waals surface area contributed by atoms with Crippen molar-refractivity contribution >= 4 is 11.6 Å². The predicted molar refractivity (Wildman–Crippen MR) is 60.0 cm³/mol. The highest BCUT2D eigenvalue weighted by atomic mass is 35.5. The summed E-state index contributed by atoms with van der Waals surface area (Å²) in [6.45, 7) is 1.75. The number of hydrogen-bond donors (Lipinski definition) is 1. The van der Waals surface area contributed by atoms with E-state index in [2.05, 4.69) is 9.97 Å². The molecule has 0 saturated carbocycles. The molecule has 2 rings (SSSR count). The summed E-state index contributed by atoms with van der Waals surface area (Å²) in [7, 11) is 0. The van der Waals surface area contributed by atoms with Crippen molar-refractivity contribution in [2.24, 2.45) is 0 Å². The third-order valence-electron chi connectivity index (χ3n) is 2.05. The van der Waals surface area contributed by atoms with E-state index in [4.69, 9.17) is 16.3 Å². The average molecular weight is 237 g/mol. The predicted octanol–water partition coefficient (Wildman–Crippen LogP) is 2.94. The fourth-order valence-corrected chi connectivity index (χ4v) is 1.26. The Kier molecular flexibility index (Phi) is 2.92. The van der Waals surface area contributed by atoms with Crippen molar-refractivity contribution in [3.63, 3.8) is 0 Å². The third kappa shape index (κ3) is 2.23. The number of aromatic hydroxyl groups is 1. The number of rotatable bonds is 2. The highest BCUT2D eigenvalue weighted by molar-refractivity contribution is 6.30. The van der Waals surface area contributed by atoms with Crippen LogP contribution in [-0.2, 0) is 0 Å². The Morgan fingerprint density at radius 3 is 2.62 bits per heavy atom. The number of ether oxygens (including phenoxy) is 1. The molecule has 5 heteroatoms. The zero-order valence-corrected chi connectivity index (χ0v) is 9.27. The molecule has 0 aliphatic carbocycles. The van der Waals surface area contributed by atoms with Gasteiger partial charge in [-0.15, -0.1) is 0 Å². The van der Waals surface area contributed by atoms with E-state index in [9.17, 15) is 5.11 Å². The van der Waals surface area contributed by atoms with Crippen molar-refractivity contribution in [3.8, 4) is 17.5 Å². The first-order valence-electron chi connectivity index (χ1n) is 4.61. The summed E-state index contributed by atoms with van der Waals surface area (Å²) in [5.41, 5.74) is 0.640. The second-order valence-electron chi connectivity index (χ2n) is 3.19. The number of phenols is 1. The van der Waals surface area contributed by atoms with E-state index in [1.807, 2.05) is 0 Å². The summed E-state index contributed by atoms with van der Waals surface area (Å²) >= 11 is 5.65. The molecule has 0 aliphatic heterocycles. The van der Waals surface area contributed by atoms with Gasteiger partial charge in [0.15, 0.2) is 0 Å². The summed E-state index contributed by atoms with van der Waals surface area (Å²) in [5, 5.41) is 9.92. The first-order chi connectivity index (χ1) is 7.66. The van der Waals surface area contributed by atoms with Crippen LogP contribution < -0.4 is 4.74 Å². The molecule has 1 N–H and O–H groups in total. The van der Waals surface area contributed by atoms with Crippen molar-refractivity contribution in [1.29, 1.82) is 0 Å². The SMILES string of the molecule is Cc1c(O)cccc1Oc1ncc(Cl)cn1. The van der Waals surface area contributed by atoms with Crippen LogP contribution in [0.2, 0.25) is 5.02 Å². The summed E-state index contributed by atoms with van der Waals surface area (Å²) < 4.78 is 5.40. The highest BCUT2D eigenvalue weighted by Crippen LogP contribution is 2.28. The van der Waals surface area contributed by atoms with Gasteiger partial charge in [0, 0.05) is 5.56 Å². The minimum absolute atomic E-state index is 0.173. The second kappa shape index (κ2) is 4.37. The number of halogens is 1. The van der Waals surface area contributed by atoms with Crippen molar-refractivity contribution in [3.05, 3.63) is 41.2 Å². The Morgan fingerprint density at radius 2 is 1.94 bits per heavy atom. The Morgan fingerprint density at radius 1 is 1.25 bits per heavy atom. The van der Waals surface area contributed by atoms with Crippen LogP contribution >= 0.6 is 11.6 Å². The molecular weight excluding hydrogens is 228 g/mol. The Bertz CT molecular complexity index is 500. The van der Waals surface area contributed by atoms with Gasteiger partial charge in [0.2, 0.25) is 0 Å². The maximum Gasteiger partial charge on any atom is 0.321 e. The maximum absolute atomic E-state index is 9.48. The minimum Gasteiger partial charge on any atom is -0.508 e. The molecule has 0 atom stereocenters. The van der Waals surface area contributed by atoms with E-state index < -0.39 is 0 Å². The lowest BCUT2D eigenvalue weighted by Crippen LogP contribution is -1.92. The van der Waals surface area contributed by atoms with Gasteiger partial charge in [-0.05, 0) is 19.1 Å². The monoisotopic (exact) mass is 236 g/mol. The van der Waals surface area contributed by atoms with Crippen LogP contribution in [0.25, 0.3) is 0 Å². The summed E-state index contributed by atoms with van der Waals surface area (Å²) in [4.78, 5) is 7.79. The van der Waals surface area contributed by atoms with Crippen molar-refractivity contribution < 1.29 is 9.84 Å². The molecule has 0 fully saturated rings. The standard InChI is InChI=1S/C11H9ClN2O2/c1-7-9(15)3-2-4-10(7)16-11-13-5-8(12)6-14-11/h2-6,15H,1H3. The van der Waals surface area contributed by atoms with Gasteiger partial charge in [0.1, 0.15) is 11.5 Å². The lowest BCUT2D eigenvalue weighted by molar-refractivity contribution is 0.425. The molecule has 2 aromatic rings. The van der Waals surface area contributed by atoms with E-state index in [0.29, 0.717) is 16.3 Å². The summed E-state index contributed by atoms with van der Waals surface area (Å²) in [6, 6.07) is 5.20. The van der Waals surface area contributed by atoms with Crippen LogP contribution in [0.4, 0.5) is 0 Å². The summed E-state index contributed by atoms with van der Waals surface area (Å²) in [5.74, 6) is 0.689. The zero-order chi connectivity index (χ0) is 11.5. The van der Waals surface area contributed by atoms with Crippen molar-refractivity contribution in [1.82, 2.24) is 9.97 Å². The van der Waals surface area contributed by atoms with Crippen LogP contribution in [-0.4, -0.2) is 15.1 Å². The van der Waals surface area contributed by atoms with Gasteiger partial charge in [-0.25, -0.2) is 9.97 Å². The maximum atomic E-state index is 9.48. The van der Waals surface area contributed by atoms with Crippen LogP contribution in [0, 0.1) is 6.92 Å². The Hall–Kier alpha value is -1.81. The number of nitrogens with zero attached hydrogens (tertiary/aromatic N) is 2. The largest absolute Gasteiger partial charge is 0.508 e. The van der Waals surface area contributed by atoms with Crippen LogP contribution in [0.15, 0.2) is 30.6 Å². The second-order valence-corrected chi connectivity index (χ2v) is 3.62. The van der Waals surface area contributed by atoms with E-state index in [1.165, 1.54) is 12.4 Å². The quantitative estimate of drug-likeness (QED) is 0.871. The molecule has 16 heavy (non-hydrogen) atoms. The fraction of sp³-hybridized carbons (Fsp3) is 0.0909. The molecule has 0 aliphatic rings. The van der Waals surface area contributed by atoms with E-state index in [-0.39, 0.29) is 11.8 Å². The molecule has 1 aromatic heterocycles. The molecule has 0 unspecified atom stereocenters. The molecule has 0 amide bonds. The number of benzene rings is 1. The van der Waals surface area contributed by atoms with Gasteiger partial charge in [-0.3, -0.25) is 0 Å². The molecule has 82 valence electrons. The zero-order valence-electron chi connectivity index (χ0n) is 8.51. The topological polar surface area (TPSA) is 55.2 Å². The van der Waals surface area contributed by atoms with Gasteiger partial charge in [-0.2, -0.15) is 0 Å². The molecule has 4 nitrogen and oxygen atoms in total. The van der Waals surface area contributed by atoms with Gasteiger partial charge >= 0.3 is 6.01 Å². The lowest BCUT2D eigenvalue weighted by atomic mass is 10.2. The van der Waals surface area contributed by atoms with Gasteiger partial charge in [0.25, 0.3) is 0 Å². The molecule has 0 bridgehead atoms. The van der Waals surface area contributed by atoms with Crippen LogP contribution in [0.3, 0.4) is 0 Å². The lowest BCUT2D eigenvalue weighted by Gasteiger charge is -2.07. The fourth-order valence-electron chi connectivity index (χ4n) is 1.16. The molecule has 0 saturated heterocycles. The van der Waals surface area contributed by atoms with Gasteiger partial charge in [0.05, 0.1) is 17.4 Å². The smallest absolute Gasteiger partial charge is 0.321 e. The molecular formula is C11H9ClN2O2. The van der Waals surface area contributed by atoms with Crippen molar-refractivity contribution in [2.75, 3.05) is 0 Å². The van der Waals surface area contributed by atoms with Crippen LogP contribution in [0.5, 0.6) is 17.5 Å². The van der Waals surface area contributed by atoms with E-state index in [1.54, 1.807) is 25.1 Å². The number of aromatic nitrogens is 2. The molecule has 1 aromatic carbocycles. The molecule has 0 spiro atoms. The molecule has 1 heterocycles. The Labute approximate surface area is 97.5 Å². The third-order valence-corrected chi connectivity index (χ3v) is 2.25. The van der Waals surface area contributed by atoms with Gasteiger partial charge in [-0.1, -0.05) is 17.7 Å². The Balaban J connectivity index is 2.27. The highest BCUT2D eigenvalue weighted by Gasteiger charge is 2.06. The van der Waals surface area contributed by atoms with Crippen LogP contribution in [0.1, 0.15) is 5.56 Å². The first-order valence-corrected chi connectivity index (χ1v) is 4.98.